The van der Waals surface area contributed by atoms with Crippen LogP contribution < -0.4 is 4.74 Å². The number of hydrogen-bond donors (Lipinski definition) is 0. The third-order valence-corrected chi connectivity index (χ3v) is 3.65. The number of benzene rings is 1. The SMILES string of the molecule is CO/C=C(\C(=O)OC)c1ccccc1COc1ncc(C(F)(F)F)c(C(F)(F)F)n1. The number of alkyl halides is 6. The van der Waals surface area contributed by atoms with Crippen molar-refractivity contribution in [3.63, 3.8) is 0 Å². The third-order valence-electron chi connectivity index (χ3n) is 3.65. The van der Waals surface area contributed by atoms with Gasteiger partial charge in [0.15, 0.2) is 5.69 Å². The van der Waals surface area contributed by atoms with E-state index in [1.807, 2.05) is 0 Å². The maximum Gasteiger partial charge on any atom is 0.434 e. The molecule has 30 heavy (non-hydrogen) atoms. The van der Waals surface area contributed by atoms with E-state index in [2.05, 4.69) is 14.7 Å². The van der Waals surface area contributed by atoms with Gasteiger partial charge in [0.2, 0.25) is 0 Å². The molecule has 0 atom stereocenters. The Kier molecular flexibility index (Phi) is 6.90. The second-order valence-corrected chi connectivity index (χ2v) is 5.62. The molecule has 0 N–H and O–H groups in total. The molecule has 2 aromatic rings. The van der Waals surface area contributed by atoms with E-state index in [1.165, 1.54) is 19.2 Å². The molecule has 0 aliphatic rings. The van der Waals surface area contributed by atoms with Crippen molar-refractivity contribution in [3.8, 4) is 6.01 Å². The van der Waals surface area contributed by atoms with Crippen molar-refractivity contribution >= 4 is 11.5 Å². The number of hydrogen-bond acceptors (Lipinski definition) is 6. The molecule has 1 heterocycles. The van der Waals surface area contributed by atoms with Crippen molar-refractivity contribution in [2.45, 2.75) is 19.0 Å². The van der Waals surface area contributed by atoms with E-state index in [0.29, 0.717) is 5.56 Å². The predicted octanol–water partition coefficient (Wildman–Crippen LogP) is 4.25. The fourth-order valence-corrected chi connectivity index (χ4v) is 2.36. The second-order valence-electron chi connectivity index (χ2n) is 5.62. The van der Waals surface area contributed by atoms with Crippen LogP contribution in [0.25, 0.3) is 5.57 Å². The summed E-state index contributed by atoms with van der Waals surface area (Å²) in [6.07, 6.45) is -9.57. The van der Waals surface area contributed by atoms with Crippen LogP contribution in [0.2, 0.25) is 0 Å². The zero-order chi connectivity index (χ0) is 22.5. The van der Waals surface area contributed by atoms with Gasteiger partial charge in [-0.05, 0) is 11.1 Å². The minimum Gasteiger partial charge on any atom is -0.503 e. The molecule has 0 bridgehead atoms. The maximum absolute atomic E-state index is 13.0. The van der Waals surface area contributed by atoms with Gasteiger partial charge in [-0.25, -0.2) is 9.78 Å². The van der Waals surface area contributed by atoms with E-state index in [1.54, 1.807) is 12.1 Å². The number of carbonyl (C=O) groups is 1. The summed E-state index contributed by atoms with van der Waals surface area (Å²) >= 11 is 0. The van der Waals surface area contributed by atoms with E-state index in [4.69, 9.17) is 9.47 Å². The maximum atomic E-state index is 13.0. The van der Waals surface area contributed by atoms with Crippen LogP contribution in [-0.4, -0.2) is 30.2 Å². The number of esters is 1. The molecular weight excluding hydrogens is 422 g/mol. The standard InChI is InChI=1S/C18H14F6N2O4/c1-28-9-12(15(27)29-2)11-6-4-3-5-10(11)8-30-16-25-7-13(17(19,20)21)14(26-16)18(22,23)24/h3-7,9H,8H2,1-2H3/b12-9-. The molecule has 0 saturated heterocycles. The van der Waals surface area contributed by atoms with Crippen molar-refractivity contribution < 1.29 is 45.3 Å². The highest BCUT2D eigenvalue weighted by molar-refractivity contribution is 6.16. The van der Waals surface area contributed by atoms with E-state index in [-0.39, 0.29) is 17.3 Å². The number of methoxy groups -OCH3 is 2. The van der Waals surface area contributed by atoms with Crippen molar-refractivity contribution in [1.29, 1.82) is 0 Å². The highest BCUT2D eigenvalue weighted by atomic mass is 19.4. The van der Waals surface area contributed by atoms with Crippen LogP contribution in [0.1, 0.15) is 22.4 Å². The minimum absolute atomic E-state index is 0.00175. The summed E-state index contributed by atoms with van der Waals surface area (Å²) < 4.78 is 91.9. The smallest absolute Gasteiger partial charge is 0.434 e. The van der Waals surface area contributed by atoms with Gasteiger partial charge in [0.25, 0.3) is 0 Å². The second kappa shape index (κ2) is 9.01. The Morgan fingerprint density at radius 1 is 1.07 bits per heavy atom. The van der Waals surface area contributed by atoms with Gasteiger partial charge >= 0.3 is 24.3 Å². The molecule has 2 rings (SSSR count). The lowest BCUT2D eigenvalue weighted by Crippen LogP contribution is -2.20. The highest BCUT2D eigenvalue weighted by Crippen LogP contribution is 2.39. The van der Waals surface area contributed by atoms with E-state index in [0.717, 1.165) is 13.4 Å². The van der Waals surface area contributed by atoms with Gasteiger partial charge < -0.3 is 14.2 Å². The van der Waals surface area contributed by atoms with Gasteiger partial charge in [0, 0.05) is 6.20 Å². The van der Waals surface area contributed by atoms with Crippen molar-refractivity contribution in [3.05, 3.63) is 59.1 Å². The van der Waals surface area contributed by atoms with Gasteiger partial charge in [-0.2, -0.15) is 31.3 Å². The fourth-order valence-electron chi connectivity index (χ4n) is 2.36. The first-order valence-electron chi connectivity index (χ1n) is 8.02. The van der Waals surface area contributed by atoms with Crippen LogP contribution >= 0.6 is 0 Å². The van der Waals surface area contributed by atoms with Crippen LogP contribution in [0.5, 0.6) is 6.01 Å². The molecule has 0 amide bonds. The van der Waals surface area contributed by atoms with Gasteiger partial charge in [0.05, 0.1) is 20.5 Å². The van der Waals surface area contributed by atoms with Crippen molar-refractivity contribution in [2.75, 3.05) is 14.2 Å². The number of halogens is 6. The lowest BCUT2D eigenvalue weighted by atomic mass is 10.0. The monoisotopic (exact) mass is 436 g/mol. The summed E-state index contributed by atoms with van der Waals surface area (Å²) in [5.74, 6) is -0.755. The number of nitrogens with zero attached hydrogens (tertiary/aromatic N) is 2. The third kappa shape index (κ3) is 5.39. The zero-order valence-corrected chi connectivity index (χ0v) is 15.5. The number of rotatable bonds is 6. The number of carbonyl (C=O) groups excluding carboxylic acids is 1. The van der Waals surface area contributed by atoms with Gasteiger partial charge in [-0.15, -0.1) is 0 Å². The molecule has 0 fully saturated rings. The first kappa shape index (κ1) is 23.0. The Hall–Kier alpha value is -3.31. The lowest BCUT2D eigenvalue weighted by Gasteiger charge is -2.15. The van der Waals surface area contributed by atoms with Crippen LogP contribution in [0, 0.1) is 0 Å². The van der Waals surface area contributed by atoms with Crippen LogP contribution in [-0.2, 0) is 33.2 Å². The molecule has 1 aromatic carbocycles. The van der Waals surface area contributed by atoms with Crippen LogP contribution in [0.15, 0.2) is 36.7 Å². The highest BCUT2D eigenvalue weighted by Gasteiger charge is 2.45. The first-order chi connectivity index (χ1) is 14.0. The summed E-state index contributed by atoms with van der Waals surface area (Å²) in [5, 5.41) is 0. The average molecular weight is 436 g/mol. The Morgan fingerprint density at radius 3 is 2.30 bits per heavy atom. The summed E-state index contributed by atoms with van der Waals surface area (Å²) in [7, 11) is 2.43. The fraction of sp³-hybridized carbons (Fsp3) is 0.278. The molecule has 1 aromatic heterocycles. The average Bonchev–Trinajstić information content (AvgIpc) is 2.68. The van der Waals surface area contributed by atoms with Crippen LogP contribution in [0.3, 0.4) is 0 Å². The molecule has 0 spiro atoms. The van der Waals surface area contributed by atoms with Gasteiger partial charge in [0.1, 0.15) is 17.7 Å². The lowest BCUT2D eigenvalue weighted by molar-refractivity contribution is -0.165. The van der Waals surface area contributed by atoms with Gasteiger partial charge in [-0.1, -0.05) is 24.3 Å². The topological polar surface area (TPSA) is 70.5 Å². The summed E-state index contributed by atoms with van der Waals surface area (Å²) in [6.45, 7) is -0.448. The predicted molar refractivity (Wildman–Crippen MR) is 89.8 cm³/mol. The van der Waals surface area contributed by atoms with Crippen LogP contribution in [0.4, 0.5) is 26.3 Å². The first-order valence-corrected chi connectivity index (χ1v) is 8.02. The molecular formula is C18H14F6N2O4. The largest absolute Gasteiger partial charge is 0.503 e. The van der Waals surface area contributed by atoms with E-state index in [9.17, 15) is 31.1 Å². The van der Waals surface area contributed by atoms with E-state index < -0.39 is 42.2 Å². The molecule has 0 aliphatic heterocycles. The molecule has 0 aliphatic carbocycles. The molecule has 12 heteroatoms. The zero-order valence-electron chi connectivity index (χ0n) is 15.5. The summed E-state index contributed by atoms with van der Waals surface area (Å²) in [4.78, 5) is 18.0. The number of aromatic nitrogens is 2. The molecule has 0 radical (unpaired) electrons. The molecule has 0 saturated carbocycles. The van der Waals surface area contributed by atoms with Gasteiger partial charge in [-0.3, -0.25) is 0 Å². The Balaban J connectivity index is 2.37. The van der Waals surface area contributed by atoms with E-state index >= 15 is 0 Å². The quantitative estimate of drug-likeness (QED) is 0.292. The number of ether oxygens (including phenoxy) is 3. The normalized spacial score (nSPS) is 12.5. The molecule has 162 valence electrons. The van der Waals surface area contributed by atoms with Crippen molar-refractivity contribution in [1.82, 2.24) is 9.97 Å². The Morgan fingerprint density at radius 2 is 1.73 bits per heavy atom. The summed E-state index contributed by atoms with van der Waals surface area (Å²) in [5.41, 5.74) is -3.64. The minimum atomic E-state index is -5.37. The molecule has 0 unspecified atom stereocenters. The van der Waals surface area contributed by atoms with Crippen molar-refractivity contribution in [2.24, 2.45) is 0 Å². The summed E-state index contributed by atoms with van der Waals surface area (Å²) in [6, 6.07) is 5.19. The Bertz CT molecular complexity index is 941. The molecule has 6 nitrogen and oxygen atoms in total. The Labute approximate surface area is 166 Å².